The van der Waals surface area contributed by atoms with Crippen molar-refractivity contribution < 1.29 is 4.74 Å². The first-order chi connectivity index (χ1) is 6.36. The zero-order valence-electron chi connectivity index (χ0n) is 7.86. The fourth-order valence-corrected chi connectivity index (χ4v) is 1.70. The summed E-state index contributed by atoms with van der Waals surface area (Å²) in [5, 5.41) is 0. The van der Waals surface area contributed by atoms with Gasteiger partial charge in [-0.3, -0.25) is 0 Å². The normalized spacial score (nSPS) is 18.8. The summed E-state index contributed by atoms with van der Waals surface area (Å²) < 4.78 is 5.31. The number of hydrogen-bond acceptors (Lipinski definition) is 3. The van der Waals surface area contributed by atoms with Crippen LogP contribution in [0, 0.1) is 6.92 Å². The standard InChI is InChI=1S/C10H14N2O/c1-8-11-5-2-10(12-8)9-3-6-13-7-4-9/h2,5,9H,3-4,6-7H2,1H3. The molecule has 0 amide bonds. The SMILES string of the molecule is Cc1nccc(C2CCOCC2)n1. The minimum atomic E-state index is 0.579. The smallest absolute Gasteiger partial charge is 0.125 e. The van der Waals surface area contributed by atoms with Gasteiger partial charge in [-0.15, -0.1) is 0 Å². The lowest BCUT2D eigenvalue weighted by molar-refractivity contribution is 0.0844. The first kappa shape index (κ1) is 8.63. The van der Waals surface area contributed by atoms with Crippen LogP contribution < -0.4 is 0 Å². The monoisotopic (exact) mass is 178 g/mol. The molecular formula is C10H14N2O. The first-order valence-electron chi connectivity index (χ1n) is 4.73. The minimum Gasteiger partial charge on any atom is -0.381 e. The zero-order chi connectivity index (χ0) is 9.10. The Hall–Kier alpha value is -0.960. The maximum Gasteiger partial charge on any atom is 0.125 e. The van der Waals surface area contributed by atoms with Gasteiger partial charge in [-0.05, 0) is 25.8 Å². The molecule has 2 rings (SSSR count). The highest BCUT2D eigenvalue weighted by Gasteiger charge is 2.16. The summed E-state index contributed by atoms with van der Waals surface area (Å²) in [4.78, 5) is 8.52. The van der Waals surface area contributed by atoms with Gasteiger partial charge in [0.15, 0.2) is 0 Å². The van der Waals surface area contributed by atoms with Crippen molar-refractivity contribution in [3.8, 4) is 0 Å². The van der Waals surface area contributed by atoms with Crippen LogP contribution in [0.15, 0.2) is 12.3 Å². The molecule has 0 bridgehead atoms. The summed E-state index contributed by atoms with van der Waals surface area (Å²) in [7, 11) is 0. The van der Waals surface area contributed by atoms with Gasteiger partial charge < -0.3 is 4.74 Å². The Morgan fingerprint density at radius 2 is 2.15 bits per heavy atom. The molecule has 0 aromatic carbocycles. The predicted molar refractivity (Wildman–Crippen MR) is 49.6 cm³/mol. The predicted octanol–water partition coefficient (Wildman–Crippen LogP) is 1.68. The van der Waals surface area contributed by atoms with Crippen molar-refractivity contribution in [1.82, 2.24) is 9.97 Å². The molecule has 13 heavy (non-hydrogen) atoms. The van der Waals surface area contributed by atoms with Crippen LogP contribution in [-0.4, -0.2) is 23.2 Å². The van der Waals surface area contributed by atoms with Crippen LogP contribution in [0.4, 0.5) is 0 Å². The lowest BCUT2D eigenvalue weighted by atomic mass is 9.96. The van der Waals surface area contributed by atoms with E-state index in [2.05, 4.69) is 9.97 Å². The van der Waals surface area contributed by atoms with E-state index in [4.69, 9.17) is 4.74 Å². The van der Waals surface area contributed by atoms with Crippen molar-refractivity contribution in [2.75, 3.05) is 13.2 Å². The Morgan fingerprint density at radius 1 is 1.38 bits per heavy atom. The Balaban J connectivity index is 2.14. The van der Waals surface area contributed by atoms with Gasteiger partial charge in [-0.2, -0.15) is 0 Å². The third-order valence-corrected chi connectivity index (χ3v) is 2.44. The summed E-state index contributed by atoms with van der Waals surface area (Å²) in [5.41, 5.74) is 1.18. The summed E-state index contributed by atoms with van der Waals surface area (Å²) in [6.07, 6.45) is 4.03. The number of aryl methyl sites for hydroxylation is 1. The number of hydrogen-bond donors (Lipinski definition) is 0. The number of nitrogens with zero attached hydrogens (tertiary/aromatic N) is 2. The van der Waals surface area contributed by atoms with Crippen LogP contribution in [0.1, 0.15) is 30.3 Å². The third-order valence-electron chi connectivity index (χ3n) is 2.44. The Morgan fingerprint density at radius 3 is 2.85 bits per heavy atom. The number of ether oxygens (including phenoxy) is 1. The van der Waals surface area contributed by atoms with E-state index in [1.807, 2.05) is 19.2 Å². The summed E-state index contributed by atoms with van der Waals surface area (Å²) in [6.45, 7) is 3.67. The summed E-state index contributed by atoms with van der Waals surface area (Å²) in [5.74, 6) is 1.44. The second-order valence-corrected chi connectivity index (χ2v) is 3.42. The van der Waals surface area contributed by atoms with Crippen molar-refractivity contribution in [1.29, 1.82) is 0 Å². The van der Waals surface area contributed by atoms with Gasteiger partial charge in [-0.25, -0.2) is 9.97 Å². The molecule has 2 heterocycles. The van der Waals surface area contributed by atoms with Gasteiger partial charge in [0.2, 0.25) is 0 Å². The quantitative estimate of drug-likeness (QED) is 0.656. The molecule has 0 N–H and O–H groups in total. The average molecular weight is 178 g/mol. The molecule has 3 heteroatoms. The Kier molecular flexibility index (Phi) is 2.54. The van der Waals surface area contributed by atoms with Gasteiger partial charge in [0.1, 0.15) is 5.82 Å². The maximum absolute atomic E-state index is 5.31. The van der Waals surface area contributed by atoms with E-state index in [9.17, 15) is 0 Å². The van der Waals surface area contributed by atoms with Crippen LogP contribution in [0.25, 0.3) is 0 Å². The van der Waals surface area contributed by atoms with E-state index in [1.165, 1.54) is 5.69 Å². The number of aromatic nitrogens is 2. The van der Waals surface area contributed by atoms with Crippen LogP contribution in [-0.2, 0) is 4.74 Å². The highest BCUT2D eigenvalue weighted by atomic mass is 16.5. The second-order valence-electron chi connectivity index (χ2n) is 3.42. The van der Waals surface area contributed by atoms with Crippen molar-refractivity contribution >= 4 is 0 Å². The topological polar surface area (TPSA) is 35.0 Å². The lowest BCUT2D eigenvalue weighted by Crippen LogP contribution is -2.15. The van der Waals surface area contributed by atoms with Gasteiger partial charge in [0.25, 0.3) is 0 Å². The molecule has 1 aromatic heterocycles. The molecule has 0 aliphatic carbocycles. The highest BCUT2D eigenvalue weighted by molar-refractivity contribution is 5.08. The van der Waals surface area contributed by atoms with Crippen molar-refractivity contribution in [3.63, 3.8) is 0 Å². The van der Waals surface area contributed by atoms with E-state index in [0.717, 1.165) is 31.9 Å². The van der Waals surface area contributed by atoms with E-state index in [1.54, 1.807) is 0 Å². The molecule has 1 aliphatic rings. The first-order valence-corrected chi connectivity index (χ1v) is 4.73. The van der Waals surface area contributed by atoms with Crippen LogP contribution in [0.2, 0.25) is 0 Å². The van der Waals surface area contributed by atoms with Crippen molar-refractivity contribution in [2.24, 2.45) is 0 Å². The third kappa shape index (κ3) is 2.04. The fourth-order valence-electron chi connectivity index (χ4n) is 1.70. The Bertz CT molecular complexity index is 282. The fraction of sp³-hybridized carbons (Fsp3) is 0.600. The molecule has 0 unspecified atom stereocenters. The van der Waals surface area contributed by atoms with Crippen molar-refractivity contribution in [3.05, 3.63) is 23.8 Å². The van der Waals surface area contributed by atoms with Crippen LogP contribution >= 0.6 is 0 Å². The summed E-state index contributed by atoms with van der Waals surface area (Å²) in [6, 6.07) is 2.02. The Labute approximate surface area is 78.2 Å². The molecule has 0 saturated carbocycles. The highest BCUT2D eigenvalue weighted by Crippen LogP contribution is 2.24. The molecule has 1 aliphatic heterocycles. The van der Waals surface area contributed by atoms with Crippen LogP contribution in [0.3, 0.4) is 0 Å². The van der Waals surface area contributed by atoms with E-state index >= 15 is 0 Å². The van der Waals surface area contributed by atoms with Gasteiger partial charge in [0, 0.05) is 31.0 Å². The number of rotatable bonds is 1. The largest absolute Gasteiger partial charge is 0.381 e. The minimum absolute atomic E-state index is 0.579. The van der Waals surface area contributed by atoms with Gasteiger partial charge in [-0.1, -0.05) is 0 Å². The summed E-state index contributed by atoms with van der Waals surface area (Å²) >= 11 is 0. The molecule has 70 valence electrons. The molecule has 0 radical (unpaired) electrons. The maximum atomic E-state index is 5.31. The molecular weight excluding hydrogens is 164 g/mol. The van der Waals surface area contributed by atoms with Gasteiger partial charge in [0.05, 0.1) is 0 Å². The molecule has 1 saturated heterocycles. The lowest BCUT2D eigenvalue weighted by Gasteiger charge is -2.21. The molecule has 0 atom stereocenters. The average Bonchev–Trinajstić information content (AvgIpc) is 2.19. The van der Waals surface area contributed by atoms with Crippen molar-refractivity contribution in [2.45, 2.75) is 25.7 Å². The molecule has 1 fully saturated rings. The van der Waals surface area contributed by atoms with E-state index in [-0.39, 0.29) is 0 Å². The van der Waals surface area contributed by atoms with Gasteiger partial charge >= 0.3 is 0 Å². The zero-order valence-corrected chi connectivity index (χ0v) is 7.86. The molecule has 0 spiro atoms. The van der Waals surface area contributed by atoms with E-state index < -0.39 is 0 Å². The second kappa shape index (κ2) is 3.83. The molecule has 3 nitrogen and oxygen atoms in total. The molecule has 1 aromatic rings. The van der Waals surface area contributed by atoms with Crippen LogP contribution in [0.5, 0.6) is 0 Å². The van der Waals surface area contributed by atoms with E-state index in [0.29, 0.717) is 5.92 Å².